The molecule has 1 aromatic heterocycles. The molecule has 1 aromatic rings. The second-order valence-electron chi connectivity index (χ2n) is 7.39. The fraction of sp³-hybridized carbons (Fsp3) is 0.750. The monoisotopic (exact) mass is 276 g/mol. The van der Waals surface area contributed by atoms with Crippen LogP contribution in [0.1, 0.15) is 58.3 Å². The van der Waals surface area contributed by atoms with Crippen molar-refractivity contribution < 1.29 is 0 Å². The third-order valence-electron chi connectivity index (χ3n) is 4.30. The van der Waals surface area contributed by atoms with Gasteiger partial charge < -0.3 is 10.6 Å². The van der Waals surface area contributed by atoms with Crippen molar-refractivity contribution in [3.8, 4) is 0 Å². The molecule has 0 atom stereocenters. The number of nitrogens with zero attached hydrogens (tertiary/aromatic N) is 2. The molecule has 1 aliphatic carbocycles. The van der Waals surface area contributed by atoms with E-state index in [1.807, 2.05) is 7.05 Å². The van der Waals surface area contributed by atoms with E-state index in [1.54, 1.807) is 0 Å². The summed E-state index contributed by atoms with van der Waals surface area (Å²) in [6.45, 7) is 11.9. The molecule has 0 amide bonds. The van der Waals surface area contributed by atoms with Crippen LogP contribution in [0.25, 0.3) is 0 Å². The Balaban J connectivity index is 2.26. The molecule has 2 N–H and O–H groups in total. The first-order valence-corrected chi connectivity index (χ1v) is 7.56. The lowest BCUT2D eigenvalue weighted by molar-refractivity contribution is 0.179. The highest BCUT2D eigenvalue weighted by atomic mass is 15.1. The first-order valence-electron chi connectivity index (χ1n) is 7.56. The van der Waals surface area contributed by atoms with E-state index in [0.717, 1.165) is 29.6 Å². The maximum absolute atomic E-state index is 4.75. The molecule has 112 valence electrons. The molecule has 20 heavy (non-hydrogen) atoms. The standard InChI is InChI=1S/C16H28N4/c1-11-12(17-6)19-14(15(2,3)4)20-13(11)18-10-16(5)8-7-9-16/h7-10H2,1-6H3,(H2,17,18,19,20). The highest BCUT2D eigenvalue weighted by Crippen LogP contribution is 2.40. The van der Waals surface area contributed by atoms with Crippen molar-refractivity contribution in [2.75, 3.05) is 24.2 Å². The maximum Gasteiger partial charge on any atom is 0.138 e. The van der Waals surface area contributed by atoms with Gasteiger partial charge in [0.1, 0.15) is 17.5 Å². The Morgan fingerprint density at radius 3 is 2.20 bits per heavy atom. The van der Waals surface area contributed by atoms with Gasteiger partial charge in [0, 0.05) is 24.6 Å². The van der Waals surface area contributed by atoms with Crippen LogP contribution >= 0.6 is 0 Å². The molecule has 2 rings (SSSR count). The molecule has 1 aliphatic rings. The van der Waals surface area contributed by atoms with E-state index < -0.39 is 0 Å². The average Bonchev–Trinajstić information content (AvgIpc) is 2.34. The predicted octanol–water partition coefficient (Wildman–Crippen LogP) is 3.73. The summed E-state index contributed by atoms with van der Waals surface area (Å²) in [5, 5.41) is 6.73. The first kappa shape index (κ1) is 15.1. The molecule has 0 aliphatic heterocycles. The Kier molecular flexibility index (Phi) is 3.94. The quantitative estimate of drug-likeness (QED) is 0.880. The summed E-state index contributed by atoms with van der Waals surface area (Å²) in [4.78, 5) is 9.39. The lowest BCUT2D eigenvalue weighted by Gasteiger charge is -2.38. The molecule has 0 spiro atoms. The number of nitrogens with one attached hydrogen (secondary N) is 2. The van der Waals surface area contributed by atoms with Crippen molar-refractivity contribution >= 4 is 11.6 Å². The molecule has 1 saturated carbocycles. The van der Waals surface area contributed by atoms with Crippen molar-refractivity contribution in [2.24, 2.45) is 5.41 Å². The molecular formula is C16H28N4. The maximum atomic E-state index is 4.75. The molecule has 0 bridgehead atoms. The summed E-state index contributed by atoms with van der Waals surface area (Å²) in [5.41, 5.74) is 1.50. The molecule has 0 saturated heterocycles. The first-order chi connectivity index (χ1) is 9.25. The van der Waals surface area contributed by atoms with Crippen LogP contribution in [0.3, 0.4) is 0 Å². The van der Waals surface area contributed by atoms with Crippen molar-refractivity contribution in [3.63, 3.8) is 0 Å². The lowest BCUT2D eigenvalue weighted by atomic mass is 9.70. The van der Waals surface area contributed by atoms with Crippen molar-refractivity contribution in [3.05, 3.63) is 11.4 Å². The Bertz CT molecular complexity index is 484. The summed E-state index contributed by atoms with van der Waals surface area (Å²) in [6.07, 6.45) is 3.99. The van der Waals surface area contributed by atoms with Gasteiger partial charge in [-0.3, -0.25) is 0 Å². The van der Waals surface area contributed by atoms with Gasteiger partial charge in [-0.2, -0.15) is 0 Å². The summed E-state index contributed by atoms with van der Waals surface area (Å²) in [7, 11) is 1.92. The summed E-state index contributed by atoms with van der Waals surface area (Å²) in [5.74, 6) is 2.78. The van der Waals surface area contributed by atoms with Crippen LogP contribution in [0.5, 0.6) is 0 Å². The Morgan fingerprint density at radius 1 is 1.15 bits per heavy atom. The van der Waals surface area contributed by atoms with Gasteiger partial charge in [-0.25, -0.2) is 9.97 Å². The van der Waals surface area contributed by atoms with E-state index in [-0.39, 0.29) is 5.41 Å². The lowest BCUT2D eigenvalue weighted by Crippen LogP contribution is -2.34. The van der Waals surface area contributed by atoms with E-state index >= 15 is 0 Å². The molecule has 1 fully saturated rings. The normalized spacial score (nSPS) is 17.5. The minimum absolute atomic E-state index is 0.0455. The number of anilines is 2. The highest BCUT2D eigenvalue weighted by Gasteiger charge is 2.32. The van der Waals surface area contributed by atoms with Crippen LogP contribution in [0.15, 0.2) is 0 Å². The van der Waals surface area contributed by atoms with Gasteiger partial charge in [0.05, 0.1) is 0 Å². The van der Waals surface area contributed by atoms with Crippen LogP contribution in [0.2, 0.25) is 0 Å². The van der Waals surface area contributed by atoms with E-state index in [9.17, 15) is 0 Å². The Hall–Kier alpha value is -1.32. The fourth-order valence-corrected chi connectivity index (χ4v) is 2.52. The van der Waals surface area contributed by atoms with Crippen molar-refractivity contribution in [2.45, 2.75) is 59.3 Å². The predicted molar refractivity (Wildman–Crippen MR) is 85.5 cm³/mol. The molecule has 0 radical (unpaired) electrons. The fourth-order valence-electron chi connectivity index (χ4n) is 2.52. The zero-order valence-corrected chi connectivity index (χ0v) is 13.7. The van der Waals surface area contributed by atoms with Crippen LogP contribution in [0, 0.1) is 12.3 Å². The van der Waals surface area contributed by atoms with Gasteiger partial charge in [0.2, 0.25) is 0 Å². The molecule has 0 aromatic carbocycles. The van der Waals surface area contributed by atoms with E-state index in [0.29, 0.717) is 5.41 Å². The summed E-state index contributed by atoms with van der Waals surface area (Å²) < 4.78 is 0. The Labute approximate surface area is 122 Å². The largest absolute Gasteiger partial charge is 0.373 e. The van der Waals surface area contributed by atoms with Gasteiger partial charge in [-0.05, 0) is 25.2 Å². The van der Waals surface area contributed by atoms with Gasteiger partial charge >= 0.3 is 0 Å². The molecule has 4 nitrogen and oxygen atoms in total. The minimum Gasteiger partial charge on any atom is -0.373 e. The summed E-state index contributed by atoms with van der Waals surface area (Å²) in [6, 6.07) is 0. The second kappa shape index (κ2) is 5.23. The number of hydrogen-bond acceptors (Lipinski definition) is 4. The average molecular weight is 276 g/mol. The Morgan fingerprint density at radius 2 is 1.75 bits per heavy atom. The topological polar surface area (TPSA) is 49.8 Å². The van der Waals surface area contributed by atoms with Crippen LogP contribution in [-0.2, 0) is 5.41 Å². The third-order valence-corrected chi connectivity index (χ3v) is 4.30. The molecule has 1 heterocycles. The number of hydrogen-bond donors (Lipinski definition) is 2. The second-order valence-corrected chi connectivity index (χ2v) is 7.39. The van der Waals surface area contributed by atoms with Crippen molar-refractivity contribution in [1.82, 2.24) is 9.97 Å². The van der Waals surface area contributed by atoms with E-state index in [1.165, 1.54) is 19.3 Å². The van der Waals surface area contributed by atoms with E-state index in [2.05, 4.69) is 50.2 Å². The molecule has 4 heteroatoms. The van der Waals surface area contributed by atoms with Crippen LogP contribution < -0.4 is 10.6 Å². The third kappa shape index (κ3) is 3.05. The van der Waals surface area contributed by atoms with Gasteiger partial charge in [0.25, 0.3) is 0 Å². The number of rotatable bonds is 4. The van der Waals surface area contributed by atoms with Gasteiger partial charge in [0.15, 0.2) is 0 Å². The van der Waals surface area contributed by atoms with E-state index in [4.69, 9.17) is 4.98 Å². The molecular weight excluding hydrogens is 248 g/mol. The SMILES string of the molecule is CNc1nc(C(C)(C)C)nc(NCC2(C)CCC2)c1C. The zero-order valence-electron chi connectivity index (χ0n) is 13.7. The van der Waals surface area contributed by atoms with Crippen LogP contribution in [-0.4, -0.2) is 23.6 Å². The smallest absolute Gasteiger partial charge is 0.138 e. The highest BCUT2D eigenvalue weighted by molar-refractivity contribution is 5.57. The number of aromatic nitrogens is 2. The molecule has 0 unspecified atom stereocenters. The van der Waals surface area contributed by atoms with Gasteiger partial charge in [-0.15, -0.1) is 0 Å². The zero-order chi connectivity index (χ0) is 15.0. The van der Waals surface area contributed by atoms with Gasteiger partial charge in [-0.1, -0.05) is 34.1 Å². The van der Waals surface area contributed by atoms with Crippen LogP contribution in [0.4, 0.5) is 11.6 Å². The summed E-state index contributed by atoms with van der Waals surface area (Å²) >= 11 is 0. The van der Waals surface area contributed by atoms with Crippen molar-refractivity contribution in [1.29, 1.82) is 0 Å². The minimum atomic E-state index is -0.0455.